The van der Waals surface area contributed by atoms with Crippen molar-refractivity contribution in [2.24, 2.45) is 5.92 Å². The van der Waals surface area contributed by atoms with Crippen LogP contribution < -0.4 is 9.46 Å². The molecule has 1 aromatic carbocycles. The van der Waals surface area contributed by atoms with Crippen LogP contribution in [0.4, 0.5) is 4.39 Å². The molecule has 0 aliphatic carbocycles. The van der Waals surface area contributed by atoms with Gasteiger partial charge < -0.3 is 9.84 Å². The van der Waals surface area contributed by atoms with Gasteiger partial charge in [0.1, 0.15) is 6.61 Å². The number of rotatable bonds is 7. The predicted octanol–water partition coefficient (Wildman–Crippen LogP) is 0.836. The van der Waals surface area contributed by atoms with E-state index in [-0.39, 0.29) is 32.0 Å². The number of carboxylic acids is 1. The summed E-state index contributed by atoms with van der Waals surface area (Å²) < 4.78 is 46.2. The lowest BCUT2D eigenvalue weighted by Gasteiger charge is -2.29. The molecule has 0 radical (unpaired) electrons. The summed E-state index contributed by atoms with van der Waals surface area (Å²) in [6.07, 6.45) is 0.587. The Hall–Kier alpha value is -1.71. The van der Waals surface area contributed by atoms with Crippen LogP contribution in [0.5, 0.6) is 5.75 Å². The summed E-state index contributed by atoms with van der Waals surface area (Å²) in [6, 6.07) is 5.87. The second-order valence-corrected chi connectivity index (χ2v) is 6.95. The predicted molar refractivity (Wildman–Crippen MR) is 80.8 cm³/mol. The fraction of sp³-hybridized carbons (Fsp3) is 0.500. The van der Waals surface area contributed by atoms with Crippen LogP contribution in [0.3, 0.4) is 0 Å². The van der Waals surface area contributed by atoms with Gasteiger partial charge in [0.05, 0.1) is 5.92 Å². The summed E-state index contributed by atoms with van der Waals surface area (Å²) >= 11 is 0. The molecule has 9 heteroatoms. The Balaban J connectivity index is 1.76. The largest absolute Gasteiger partial charge is 0.489 e. The number of halogens is 1. The summed E-state index contributed by atoms with van der Waals surface area (Å²) in [6.45, 7) is 0.322. The maximum absolute atomic E-state index is 13.3. The molecule has 0 aromatic heterocycles. The molecule has 1 heterocycles. The summed E-state index contributed by atoms with van der Waals surface area (Å²) in [7, 11) is -3.68. The number of piperidine rings is 1. The highest BCUT2D eigenvalue weighted by Crippen LogP contribution is 2.19. The molecule has 2 N–H and O–H groups in total. The smallest absolute Gasteiger partial charge is 0.306 e. The standard InChI is InChI=1S/C14H19FN2O5S/c15-12-3-1-2-4-13(12)22-10-7-16-23(20,21)17-8-5-11(6-9-17)14(18)19/h1-4,11,16H,5-10H2,(H,18,19). The maximum Gasteiger partial charge on any atom is 0.306 e. The van der Waals surface area contributed by atoms with Crippen LogP contribution in [-0.4, -0.2) is 50.0 Å². The lowest BCUT2D eigenvalue weighted by molar-refractivity contribution is -0.142. The lowest BCUT2D eigenvalue weighted by atomic mass is 9.99. The van der Waals surface area contributed by atoms with E-state index in [1.54, 1.807) is 6.07 Å². The van der Waals surface area contributed by atoms with Crippen molar-refractivity contribution in [3.8, 4) is 5.75 Å². The molecule has 0 bridgehead atoms. The van der Waals surface area contributed by atoms with Gasteiger partial charge in [-0.15, -0.1) is 0 Å². The summed E-state index contributed by atoms with van der Waals surface area (Å²) in [5, 5.41) is 8.90. The van der Waals surface area contributed by atoms with E-state index in [1.165, 1.54) is 22.5 Å². The monoisotopic (exact) mass is 346 g/mol. The van der Waals surface area contributed by atoms with Gasteiger partial charge in [-0.25, -0.2) is 4.39 Å². The van der Waals surface area contributed by atoms with E-state index in [0.717, 1.165) is 0 Å². The fourth-order valence-corrected chi connectivity index (χ4v) is 3.54. The molecule has 1 aromatic rings. The first-order valence-electron chi connectivity index (χ1n) is 7.25. The fourth-order valence-electron chi connectivity index (χ4n) is 2.33. The Bertz CT molecular complexity index is 644. The molecule has 2 rings (SSSR count). The highest BCUT2D eigenvalue weighted by Gasteiger charge is 2.30. The van der Waals surface area contributed by atoms with Crippen LogP contribution in [0.2, 0.25) is 0 Å². The summed E-state index contributed by atoms with van der Waals surface area (Å²) in [5.41, 5.74) is 0. The molecule has 1 aliphatic rings. The highest BCUT2D eigenvalue weighted by atomic mass is 32.2. The maximum atomic E-state index is 13.3. The van der Waals surface area contributed by atoms with Gasteiger partial charge >= 0.3 is 5.97 Å². The number of carbonyl (C=O) groups is 1. The van der Waals surface area contributed by atoms with Crippen molar-refractivity contribution in [3.05, 3.63) is 30.1 Å². The van der Waals surface area contributed by atoms with E-state index >= 15 is 0 Å². The number of nitrogens with one attached hydrogen (secondary N) is 1. The first kappa shape index (κ1) is 17.6. The molecule has 0 saturated carbocycles. The highest BCUT2D eigenvalue weighted by molar-refractivity contribution is 7.87. The van der Waals surface area contributed by atoms with Crippen LogP contribution >= 0.6 is 0 Å². The average Bonchev–Trinajstić information content (AvgIpc) is 2.53. The Labute approximate surface area is 134 Å². The van der Waals surface area contributed by atoms with Crippen LogP contribution in [0, 0.1) is 11.7 Å². The van der Waals surface area contributed by atoms with Crippen LogP contribution in [0.25, 0.3) is 0 Å². The minimum atomic E-state index is -3.68. The number of nitrogens with zero attached hydrogens (tertiary/aromatic N) is 1. The van der Waals surface area contributed by atoms with E-state index in [0.29, 0.717) is 12.8 Å². The molecule has 128 valence electrons. The second kappa shape index (κ2) is 7.71. The van der Waals surface area contributed by atoms with Crippen LogP contribution in [-0.2, 0) is 15.0 Å². The third kappa shape index (κ3) is 4.88. The molecule has 0 spiro atoms. The molecule has 1 saturated heterocycles. The van der Waals surface area contributed by atoms with Crippen molar-refractivity contribution >= 4 is 16.2 Å². The van der Waals surface area contributed by atoms with Crippen molar-refractivity contribution in [2.45, 2.75) is 12.8 Å². The van der Waals surface area contributed by atoms with Crippen molar-refractivity contribution in [1.82, 2.24) is 9.03 Å². The van der Waals surface area contributed by atoms with Crippen molar-refractivity contribution in [1.29, 1.82) is 0 Å². The number of para-hydroxylation sites is 1. The number of carboxylic acid groups (broad SMARTS) is 1. The van der Waals surface area contributed by atoms with E-state index in [4.69, 9.17) is 9.84 Å². The van der Waals surface area contributed by atoms with Crippen molar-refractivity contribution in [2.75, 3.05) is 26.2 Å². The third-order valence-corrected chi connectivity index (χ3v) is 5.24. The Kier molecular flexibility index (Phi) is 5.91. The normalized spacial score (nSPS) is 17.1. The first-order chi connectivity index (χ1) is 10.9. The van der Waals surface area contributed by atoms with Gasteiger partial charge in [0.2, 0.25) is 0 Å². The van der Waals surface area contributed by atoms with Gasteiger partial charge in [-0.2, -0.15) is 17.4 Å². The van der Waals surface area contributed by atoms with E-state index in [9.17, 15) is 17.6 Å². The quantitative estimate of drug-likeness (QED) is 0.713. The zero-order valence-electron chi connectivity index (χ0n) is 12.4. The molecular weight excluding hydrogens is 327 g/mol. The zero-order valence-corrected chi connectivity index (χ0v) is 13.3. The Morgan fingerprint density at radius 3 is 2.61 bits per heavy atom. The topological polar surface area (TPSA) is 95.9 Å². The molecule has 7 nitrogen and oxygen atoms in total. The van der Waals surface area contributed by atoms with Crippen LogP contribution in [0.15, 0.2) is 24.3 Å². The molecule has 0 unspecified atom stereocenters. The third-order valence-electron chi connectivity index (χ3n) is 3.62. The summed E-state index contributed by atoms with van der Waals surface area (Å²) in [4.78, 5) is 10.9. The molecule has 1 aliphatic heterocycles. The summed E-state index contributed by atoms with van der Waals surface area (Å²) in [5.74, 6) is -1.83. The first-order valence-corrected chi connectivity index (χ1v) is 8.69. The molecule has 1 fully saturated rings. The minimum Gasteiger partial charge on any atom is -0.489 e. The number of aliphatic carboxylic acids is 1. The van der Waals surface area contributed by atoms with Crippen molar-refractivity contribution < 1.29 is 27.4 Å². The Morgan fingerprint density at radius 2 is 2.00 bits per heavy atom. The van der Waals surface area contributed by atoms with Gasteiger partial charge in [-0.05, 0) is 25.0 Å². The minimum absolute atomic E-state index is 0.00444. The lowest BCUT2D eigenvalue weighted by Crippen LogP contribution is -2.46. The number of ether oxygens (including phenoxy) is 1. The average molecular weight is 346 g/mol. The number of hydrogen-bond donors (Lipinski definition) is 2. The molecular formula is C14H19FN2O5S. The second-order valence-electron chi connectivity index (χ2n) is 5.19. The van der Waals surface area contributed by atoms with E-state index < -0.39 is 27.9 Å². The number of benzene rings is 1. The molecule has 23 heavy (non-hydrogen) atoms. The Morgan fingerprint density at radius 1 is 1.35 bits per heavy atom. The zero-order chi connectivity index (χ0) is 16.9. The SMILES string of the molecule is O=C(O)C1CCN(S(=O)(=O)NCCOc2ccccc2F)CC1. The van der Waals surface area contributed by atoms with Gasteiger partial charge in [-0.1, -0.05) is 12.1 Å². The molecule has 0 atom stereocenters. The van der Waals surface area contributed by atoms with Crippen LogP contribution in [0.1, 0.15) is 12.8 Å². The number of hydrogen-bond acceptors (Lipinski definition) is 4. The van der Waals surface area contributed by atoms with E-state index in [2.05, 4.69) is 4.72 Å². The van der Waals surface area contributed by atoms with Gasteiger partial charge in [0, 0.05) is 19.6 Å². The molecule has 0 amide bonds. The van der Waals surface area contributed by atoms with Gasteiger partial charge in [0.25, 0.3) is 10.2 Å². The van der Waals surface area contributed by atoms with Gasteiger partial charge in [-0.3, -0.25) is 4.79 Å². The van der Waals surface area contributed by atoms with Crippen molar-refractivity contribution in [3.63, 3.8) is 0 Å². The van der Waals surface area contributed by atoms with E-state index in [1.807, 2.05) is 0 Å². The van der Waals surface area contributed by atoms with Gasteiger partial charge in [0.15, 0.2) is 11.6 Å².